The lowest BCUT2D eigenvalue weighted by molar-refractivity contribution is -0.149. The standard InChI is InChI=1S/C28H36N2O3/c1-2-3-4-5-6-7-11-18-27(31)30-26(28(32)33-21-22-14-9-8-10-15-22)19-23-20-29-25-17-13-12-16-24(23)25/h8-10,12-17,20,26,29H,2-7,11,18-19,21H2,1H3,(H,30,31)/t26-/m0/s1. The van der Waals surface area contributed by atoms with Gasteiger partial charge < -0.3 is 15.0 Å². The first-order valence-corrected chi connectivity index (χ1v) is 12.2. The molecule has 2 N–H and O–H groups in total. The molecule has 1 aromatic heterocycles. The van der Waals surface area contributed by atoms with Gasteiger partial charge in [-0.1, -0.05) is 94.0 Å². The second kappa shape index (κ2) is 13.5. The Balaban J connectivity index is 1.57. The number of rotatable bonds is 14. The van der Waals surface area contributed by atoms with Crippen LogP contribution < -0.4 is 5.32 Å². The van der Waals surface area contributed by atoms with Crippen LogP contribution in [-0.4, -0.2) is 22.9 Å². The van der Waals surface area contributed by atoms with E-state index in [2.05, 4.69) is 17.2 Å². The molecule has 5 heteroatoms. The Kier molecular flexibility index (Phi) is 10.0. The minimum absolute atomic E-state index is 0.0925. The van der Waals surface area contributed by atoms with E-state index in [1.807, 2.05) is 60.8 Å². The molecule has 3 rings (SSSR count). The van der Waals surface area contributed by atoms with Gasteiger partial charge in [-0.25, -0.2) is 4.79 Å². The molecule has 0 aliphatic carbocycles. The van der Waals surface area contributed by atoms with E-state index < -0.39 is 12.0 Å². The van der Waals surface area contributed by atoms with Crippen LogP contribution in [0, 0.1) is 0 Å². The van der Waals surface area contributed by atoms with E-state index in [-0.39, 0.29) is 12.5 Å². The molecular formula is C28H36N2O3. The maximum Gasteiger partial charge on any atom is 0.329 e. The van der Waals surface area contributed by atoms with Gasteiger partial charge in [-0.15, -0.1) is 0 Å². The summed E-state index contributed by atoms with van der Waals surface area (Å²) in [4.78, 5) is 28.8. The zero-order chi connectivity index (χ0) is 23.3. The number of aromatic nitrogens is 1. The predicted molar refractivity (Wildman–Crippen MR) is 133 cm³/mol. The minimum atomic E-state index is -0.718. The van der Waals surface area contributed by atoms with Crippen LogP contribution in [0.4, 0.5) is 0 Å². The van der Waals surface area contributed by atoms with Gasteiger partial charge in [-0.05, 0) is 23.6 Å². The third-order valence-corrected chi connectivity index (χ3v) is 5.95. The highest BCUT2D eigenvalue weighted by atomic mass is 16.5. The number of hydrogen-bond acceptors (Lipinski definition) is 3. The van der Waals surface area contributed by atoms with Gasteiger partial charge in [0, 0.05) is 29.9 Å². The van der Waals surface area contributed by atoms with Crippen molar-refractivity contribution in [2.45, 2.75) is 77.4 Å². The Labute approximate surface area is 196 Å². The lowest BCUT2D eigenvalue weighted by atomic mass is 10.0. The van der Waals surface area contributed by atoms with Gasteiger partial charge in [-0.3, -0.25) is 4.79 Å². The molecule has 2 aromatic carbocycles. The molecular weight excluding hydrogens is 412 g/mol. The minimum Gasteiger partial charge on any atom is -0.459 e. The average Bonchev–Trinajstić information content (AvgIpc) is 3.25. The smallest absolute Gasteiger partial charge is 0.329 e. The topological polar surface area (TPSA) is 71.2 Å². The van der Waals surface area contributed by atoms with E-state index in [0.717, 1.165) is 41.3 Å². The Bertz CT molecular complexity index is 997. The summed E-state index contributed by atoms with van der Waals surface area (Å²) < 4.78 is 5.57. The van der Waals surface area contributed by atoms with Crippen LogP contribution >= 0.6 is 0 Å². The van der Waals surface area contributed by atoms with Crippen molar-refractivity contribution in [1.29, 1.82) is 0 Å². The maximum absolute atomic E-state index is 12.9. The number of hydrogen-bond donors (Lipinski definition) is 2. The van der Waals surface area contributed by atoms with Crippen LogP contribution in [0.15, 0.2) is 60.8 Å². The van der Waals surface area contributed by atoms with Crippen molar-refractivity contribution in [3.05, 3.63) is 71.9 Å². The predicted octanol–water partition coefficient (Wildman–Crippen LogP) is 6.08. The molecule has 0 aliphatic heterocycles. The summed E-state index contributed by atoms with van der Waals surface area (Å²) in [6.07, 6.45) is 10.8. The molecule has 0 spiro atoms. The third kappa shape index (κ3) is 8.08. The van der Waals surface area contributed by atoms with Gasteiger partial charge >= 0.3 is 5.97 Å². The maximum atomic E-state index is 12.9. The Morgan fingerprint density at radius 3 is 2.39 bits per heavy atom. The quantitative estimate of drug-likeness (QED) is 0.232. The first-order valence-electron chi connectivity index (χ1n) is 12.2. The van der Waals surface area contributed by atoms with Crippen LogP contribution in [-0.2, 0) is 27.4 Å². The summed E-state index contributed by atoms with van der Waals surface area (Å²) in [5, 5.41) is 4.00. The summed E-state index contributed by atoms with van der Waals surface area (Å²) in [5.41, 5.74) is 2.92. The van der Waals surface area contributed by atoms with E-state index in [1.54, 1.807) is 0 Å². The molecule has 1 atom stereocenters. The Hall–Kier alpha value is -3.08. The highest BCUT2D eigenvalue weighted by Gasteiger charge is 2.24. The Morgan fingerprint density at radius 2 is 1.61 bits per heavy atom. The highest BCUT2D eigenvalue weighted by Crippen LogP contribution is 2.20. The molecule has 0 aliphatic rings. The number of H-pyrrole nitrogens is 1. The molecule has 0 fully saturated rings. The zero-order valence-corrected chi connectivity index (χ0v) is 19.6. The number of esters is 1. The van der Waals surface area contributed by atoms with Gasteiger partial charge in [0.05, 0.1) is 0 Å². The molecule has 1 amide bonds. The number of unbranched alkanes of at least 4 members (excludes halogenated alkanes) is 6. The molecule has 0 bridgehead atoms. The fourth-order valence-electron chi connectivity index (χ4n) is 4.05. The fourth-order valence-corrected chi connectivity index (χ4v) is 4.05. The van der Waals surface area contributed by atoms with Crippen LogP contribution in [0.2, 0.25) is 0 Å². The zero-order valence-electron chi connectivity index (χ0n) is 19.6. The third-order valence-electron chi connectivity index (χ3n) is 5.95. The number of carbonyl (C=O) groups is 2. The second-order valence-electron chi connectivity index (χ2n) is 8.65. The van der Waals surface area contributed by atoms with Gasteiger partial charge in [0.2, 0.25) is 5.91 Å². The summed E-state index contributed by atoms with van der Waals surface area (Å²) in [7, 11) is 0. The van der Waals surface area contributed by atoms with E-state index in [1.165, 1.54) is 25.7 Å². The average molecular weight is 449 g/mol. The van der Waals surface area contributed by atoms with Crippen molar-refractivity contribution in [3.8, 4) is 0 Å². The molecule has 0 unspecified atom stereocenters. The van der Waals surface area contributed by atoms with Gasteiger partial charge in [0.15, 0.2) is 0 Å². The van der Waals surface area contributed by atoms with Crippen LogP contribution in [0.3, 0.4) is 0 Å². The van der Waals surface area contributed by atoms with Crippen molar-refractivity contribution in [2.24, 2.45) is 0 Å². The van der Waals surface area contributed by atoms with E-state index in [4.69, 9.17) is 4.74 Å². The first kappa shape index (κ1) is 24.6. The molecule has 0 saturated carbocycles. The van der Waals surface area contributed by atoms with Gasteiger partial charge in [0.1, 0.15) is 12.6 Å². The summed E-state index contributed by atoms with van der Waals surface area (Å²) in [6.45, 7) is 2.40. The van der Waals surface area contributed by atoms with Crippen LogP contribution in [0.25, 0.3) is 10.9 Å². The van der Waals surface area contributed by atoms with E-state index in [9.17, 15) is 9.59 Å². The molecule has 0 saturated heterocycles. The molecule has 176 valence electrons. The van der Waals surface area contributed by atoms with Crippen LogP contribution in [0.1, 0.15) is 69.4 Å². The fraction of sp³-hybridized carbons (Fsp3) is 0.429. The first-order chi connectivity index (χ1) is 16.2. The molecule has 1 heterocycles. The molecule has 0 radical (unpaired) electrons. The number of nitrogens with one attached hydrogen (secondary N) is 2. The second-order valence-corrected chi connectivity index (χ2v) is 8.65. The van der Waals surface area contributed by atoms with Crippen molar-refractivity contribution in [2.75, 3.05) is 0 Å². The van der Waals surface area contributed by atoms with Gasteiger partial charge in [-0.2, -0.15) is 0 Å². The number of amides is 1. The lowest BCUT2D eigenvalue weighted by Crippen LogP contribution is -2.43. The van der Waals surface area contributed by atoms with Crippen molar-refractivity contribution >= 4 is 22.8 Å². The number of ether oxygens (including phenoxy) is 1. The monoisotopic (exact) mass is 448 g/mol. The number of carbonyl (C=O) groups excluding carboxylic acids is 2. The number of benzene rings is 2. The SMILES string of the molecule is CCCCCCCCCC(=O)N[C@@H](Cc1c[nH]c2ccccc12)C(=O)OCc1ccccc1. The molecule has 5 nitrogen and oxygen atoms in total. The molecule has 3 aromatic rings. The summed E-state index contributed by atoms with van der Waals surface area (Å²) >= 11 is 0. The number of para-hydroxylation sites is 1. The largest absolute Gasteiger partial charge is 0.459 e. The van der Waals surface area contributed by atoms with Gasteiger partial charge in [0.25, 0.3) is 0 Å². The van der Waals surface area contributed by atoms with Crippen molar-refractivity contribution < 1.29 is 14.3 Å². The van der Waals surface area contributed by atoms with E-state index in [0.29, 0.717) is 12.8 Å². The summed E-state index contributed by atoms with van der Waals surface area (Å²) in [6, 6.07) is 16.8. The highest BCUT2D eigenvalue weighted by molar-refractivity contribution is 5.87. The van der Waals surface area contributed by atoms with E-state index >= 15 is 0 Å². The number of fused-ring (bicyclic) bond motifs is 1. The lowest BCUT2D eigenvalue weighted by Gasteiger charge is -2.18. The van der Waals surface area contributed by atoms with Crippen molar-refractivity contribution in [1.82, 2.24) is 10.3 Å². The van der Waals surface area contributed by atoms with Crippen molar-refractivity contribution in [3.63, 3.8) is 0 Å². The summed E-state index contributed by atoms with van der Waals surface area (Å²) in [5.74, 6) is -0.498. The molecule has 33 heavy (non-hydrogen) atoms. The Morgan fingerprint density at radius 1 is 0.909 bits per heavy atom. The number of aromatic amines is 1. The normalized spacial score (nSPS) is 11.9. The van der Waals surface area contributed by atoms with Crippen LogP contribution in [0.5, 0.6) is 0 Å².